The molecular weight excluding hydrogens is 230 g/mol. The van der Waals surface area contributed by atoms with Gasteiger partial charge in [0.05, 0.1) is 13.0 Å². The van der Waals surface area contributed by atoms with E-state index in [0.717, 1.165) is 38.5 Å². The van der Waals surface area contributed by atoms with Crippen LogP contribution in [-0.2, 0) is 14.3 Å². The number of methoxy groups -OCH3 is 1. The van der Waals surface area contributed by atoms with E-state index < -0.39 is 0 Å². The summed E-state index contributed by atoms with van der Waals surface area (Å²) in [5, 5.41) is 2.95. The van der Waals surface area contributed by atoms with E-state index in [2.05, 4.69) is 12.2 Å². The standard InChI is InChI=1S/C14H25NO3/c1-3-4-9-13(16)15-10-11-7-5-6-8-12(11)14(17)18-2/h11-12H,3-10H2,1-2H3,(H,15,16). The highest BCUT2D eigenvalue weighted by atomic mass is 16.5. The Morgan fingerprint density at radius 3 is 2.67 bits per heavy atom. The zero-order valence-electron chi connectivity index (χ0n) is 11.5. The van der Waals surface area contributed by atoms with Crippen molar-refractivity contribution in [1.82, 2.24) is 5.32 Å². The molecule has 104 valence electrons. The normalized spacial score (nSPS) is 23.4. The lowest BCUT2D eigenvalue weighted by atomic mass is 9.79. The van der Waals surface area contributed by atoms with Crippen LogP contribution < -0.4 is 5.32 Å². The summed E-state index contributed by atoms with van der Waals surface area (Å²) in [6.07, 6.45) is 6.67. The number of carbonyl (C=O) groups excluding carboxylic acids is 2. The Hall–Kier alpha value is -1.06. The first-order chi connectivity index (χ1) is 8.69. The van der Waals surface area contributed by atoms with Crippen molar-refractivity contribution >= 4 is 11.9 Å². The van der Waals surface area contributed by atoms with Crippen molar-refractivity contribution in [1.29, 1.82) is 0 Å². The van der Waals surface area contributed by atoms with E-state index in [-0.39, 0.29) is 23.7 Å². The zero-order valence-corrected chi connectivity index (χ0v) is 11.5. The molecule has 1 amide bonds. The molecule has 1 N–H and O–H groups in total. The third kappa shape index (κ3) is 4.67. The third-order valence-corrected chi connectivity index (χ3v) is 3.73. The first-order valence-corrected chi connectivity index (χ1v) is 7.03. The highest BCUT2D eigenvalue weighted by molar-refractivity contribution is 5.76. The first kappa shape index (κ1) is 15.0. The molecule has 1 aliphatic carbocycles. The smallest absolute Gasteiger partial charge is 0.309 e. The molecule has 2 unspecified atom stereocenters. The molecule has 18 heavy (non-hydrogen) atoms. The fourth-order valence-corrected chi connectivity index (χ4v) is 2.58. The second kappa shape index (κ2) is 8.11. The Labute approximate surface area is 109 Å². The summed E-state index contributed by atoms with van der Waals surface area (Å²) >= 11 is 0. The molecule has 0 aromatic rings. The number of ether oxygens (including phenoxy) is 1. The Morgan fingerprint density at radius 2 is 2.00 bits per heavy atom. The van der Waals surface area contributed by atoms with Crippen LogP contribution in [0.1, 0.15) is 51.9 Å². The quantitative estimate of drug-likeness (QED) is 0.741. The number of carbonyl (C=O) groups is 2. The van der Waals surface area contributed by atoms with E-state index in [0.29, 0.717) is 13.0 Å². The summed E-state index contributed by atoms with van der Waals surface area (Å²) in [6.45, 7) is 2.68. The highest BCUT2D eigenvalue weighted by Gasteiger charge is 2.31. The van der Waals surface area contributed by atoms with Gasteiger partial charge in [0.15, 0.2) is 0 Å². The minimum Gasteiger partial charge on any atom is -0.469 e. The number of hydrogen-bond acceptors (Lipinski definition) is 3. The number of amides is 1. The zero-order chi connectivity index (χ0) is 13.4. The van der Waals surface area contributed by atoms with Gasteiger partial charge in [0.25, 0.3) is 0 Å². The van der Waals surface area contributed by atoms with Crippen LogP contribution in [0.2, 0.25) is 0 Å². The number of rotatable bonds is 6. The van der Waals surface area contributed by atoms with Gasteiger partial charge < -0.3 is 10.1 Å². The molecule has 0 heterocycles. The van der Waals surface area contributed by atoms with Crippen LogP contribution in [0.5, 0.6) is 0 Å². The largest absolute Gasteiger partial charge is 0.469 e. The van der Waals surface area contributed by atoms with Crippen molar-refractivity contribution < 1.29 is 14.3 Å². The van der Waals surface area contributed by atoms with Crippen LogP contribution in [0.3, 0.4) is 0 Å². The summed E-state index contributed by atoms with van der Waals surface area (Å²) in [5.74, 6) is 0.195. The molecule has 0 aromatic carbocycles. The van der Waals surface area contributed by atoms with E-state index in [1.165, 1.54) is 7.11 Å². The van der Waals surface area contributed by atoms with E-state index in [1.807, 2.05) is 0 Å². The van der Waals surface area contributed by atoms with E-state index in [4.69, 9.17) is 4.74 Å². The fraction of sp³-hybridized carbons (Fsp3) is 0.857. The SMILES string of the molecule is CCCCC(=O)NCC1CCCCC1C(=O)OC. The summed E-state index contributed by atoms with van der Waals surface area (Å²) in [7, 11) is 1.44. The average molecular weight is 255 g/mol. The van der Waals surface area contributed by atoms with Gasteiger partial charge in [-0.15, -0.1) is 0 Å². The van der Waals surface area contributed by atoms with Crippen molar-refractivity contribution in [3.63, 3.8) is 0 Å². The maximum absolute atomic E-state index is 11.7. The van der Waals surface area contributed by atoms with Crippen molar-refractivity contribution in [3.05, 3.63) is 0 Å². The van der Waals surface area contributed by atoms with Gasteiger partial charge in [0.2, 0.25) is 5.91 Å². The molecular formula is C14H25NO3. The van der Waals surface area contributed by atoms with E-state index in [9.17, 15) is 9.59 Å². The monoisotopic (exact) mass is 255 g/mol. The summed E-state index contributed by atoms with van der Waals surface area (Å²) in [4.78, 5) is 23.2. The van der Waals surface area contributed by atoms with Crippen molar-refractivity contribution in [3.8, 4) is 0 Å². The molecule has 1 fully saturated rings. The molecule has 2 atom stereocenters. The van der Waals surface area contributed by atoms with Crippen LogP contribution in [0.15, 0.2) is 0 Å². The van der Waals surface area contributed by atoms with Crippen molar-refractivity contribution in [2.75, 3.05) is 13.7 Å². The molecule has 0 aromatic heterocycles. The molecule has 0 saturated heterocycles. The average Bonchev–Trinajstić information content (AvgIpc) is 2.42. The van der Waals surface area contributed by atoms with Gasteiger partial charge in [0.1, 0.15) is 0 Å². The van der Waals surface area contributed by atoms with Crippen molar-refractivity contribution in [2.24, 2.45) is 11.8 Å². The number of esters is 1. The van der Waals surface area contributed by atoms with Crippen LogP contribution in [-0.4, -0.2) is 25.5 Å². The Morgan fingerprint density at radius 1 is 1.28 bits per heavy atom. The topological polar surface area (TPSA) is 55.4 Å². The second-order valence-electron chi connectivity index (χ2n) is 5.08. The fourth-order valence-electron chi connectivity index (χ4n) is 2.58. The number of hydrogen-bond donors (Lipinski definition) is 1. The molecule has 0 bridgehead atoms. The Kier molecular flexibility index (Phi) is 6.76. The van der Waals surface area contributed by atoms with Gasteiger partial charge in [-0.25, -0.2) is 0 Å². The maximum Gasteiger partial charge on any atom is 0.309 e. The summed E-state index contributed by atoms with van der Waals surface area (Å²) < 4.78 is 4.84. The van der Waals surface area contributed by atoms with Crippen LogP contribution in [0, 0.1) is 11.8 Å². The van der Waals surface area contributed by atoms with Gasteiger partial charge in [-0.1, -0.05) is 26.2 Å². The Bertz CT molecular complexity index is 278. The molecule has 0 aliphatic heterocycles. The van der Waals surface area contributed by atoms with Gasteiger partial charge in [0, 0.05) is 13.0 Å². The van der Waals surface area contributed by atoms with E-state index >= 15 is 0 Å². The molecule has 1 rings (SSSR count). The van der Waals surface area contributed by atoms with Gasteiger partial charge in [-0.05, 0) is 25.2 Å². The molecule has 1 saturated carbocycles. The maximum atomic E-state index is 11.7. The minimum absolute atomic E-state index is 0.0322. The van der Waals surface area contributed by atoms with Gasteiger partial charge in [-0.2, -0.15) is 0 Å². The number of unbranched alkanes of at least 4 members (excludes halogenated alkanes) is 1. The summed E-state index contributed by atoms with van der Waals surface area (Å²) in [5.41, 5.74) is 0. The highest BCUT2D eigenvalue weighted by Crippen LogP contribution is 2.30. The predicted octanol–water partition coefficient (Wildman–Crippen LogP) is 2.27. The lowest BCUT2D eigenvalue weighted by molar-refractivity contribution is -0.148. The lowest BCUT2D eigenvalue weighted by Gasteiger charge is -2.29. The molecule has 4 nitrogen and oxygen atoms in total. The summed E-state index contributed by atoms with van der Waals surface area (Å²) in [6, 6.07) is 0. The molecule has 0 spiro atoms. The van der Waals surface area contributed by atoms with Gasteiger partial charge >= 0.3 is 5.97 Å². The predicted molar refractivity (Wildman–Crippen MR) is 70.0 cm³/mol. The number of nitrogens with one attached hydrogen (secondary N) is 1. The lowest BCUT2D eigenvalue weighted by Crippen LogP contribution is -2.37. The third-order valence-electron chi connectivity index (χ3n) is 3.73. The minimum atomic E-state index is -0.123. The van der Waals surface area contributed by atoms with Crippen LogP contribution in [0.25, 0.3) is 0 Å². The Balaban J connectivity index is 2.37. The second-order valence-corrected chi connectivity index (χ2v) is 5.08. The first-order valence-electron chi connectivity index (χ1n) is 7.03. The van der Waals surface area contributed by atoms with Crippen molar-refractivity contribution in [2.45, 2.75) is 51.9 Å². The molecule has 4 heteroatoms. The van der Waals surface area contributed by atoms with Crippen LogP contribution in [0.4, 0.5) is 0 Å². The van der Waals surface area contributed by atoms with E-state index in [1.54, 1.807) is 0 Å². The molecule has 1 aliphatic rings. The van der Waals surface area contributed by atoms with Crippen LogP contribution >= 0.6 is 0 Å². The molecule has 0 radical (unpaired) electrons. The van der Waals surface area contributed by atoms with Gasteiger partial charge in [-0.3, -0.25) is 9.59 Å².